The lowest BCUT2D eigenvalue weighted by molar-refractivity contribution is -0.0334. The van der Waals surface area contributed by atoms with Crippen molar-refractivity contribution in [3.05, 3.63) is 28.5 Å². The zero-order chi connectivity index (χ0) is 14.8. The van der Waals surface area contributed by atoms with Crippen LogP contribution in [0.1, 0.15) is 18.9 Å². The number of ether oxygens (including phenoxy) is 1. The Labute approximate surface area is 130 Å². The molecule has 1 aliphatic heterocycles. The van der Waals surface area contributed by atoms with Gasteiger partial charge in [0, 0.05) is 17.6 Å². The summed E-state index contributed by atoms with van der Waals surface area (Å²) in [4.78, 5) is 6.64. The van der Waals surface area contributed by atoms with Crippen molar-refractivity contribution in [1.29, 1.82) is 0 Å². The van der Waals surface area contributed by atoms with E-state index in [1.165, 1.54) is 0 Å². The van der Waals surface area contributed by atoms with Crippen LogP contribution >= 0.6 is 15.9 Å². The van der Waals surface area contributed by atoms with Crippen LogP contribution in [-0.2, 0) is 4.74 Å². The van der Waals surface area contributed by atoms with Crippen LogP contribution < -0.4 is 0 Å². The number of aromatic nitrogens is 2. The molecule has 1 fully saturated rings. The molecular formula is C14H16BrN3O3. The molecule has 1 atom stereocenters. The Hall–Kier alpha value is -1.44. The molecule has 1 aromatic carbocycles. The van der Waals surface area contributed by atoms with Crippen molar-refractivity contribution < 1.29 is 14.4 Å². The molecule has 6 nitrogen and oxygen atoms in total. The van der Waals surface area contributed by atoms with Crippen LogP contribution in [0.15, 0.2) is 27.2 Å². The first-order valence-electron chi connectivity index (χ1n) is 6.84. The highest BCUT2D eigenvalue weighted by molar-refractivity contribution is 9.10. The van der Waals surface area contributed by atoms with E-state index in [9.17, 15) is 5.11 Å². The van der Waals surface area contributed by atoms with Crippen LogP contribution in [-0.4, -0.2) is 46.4 Å². The number of hydrogen-bond acceptors (Lipinski definition) is 6. The summed E-state index contributed by atoms with van der Waals surface area (Å²) in [5.74, 6) is 0.914. The average molecular weight is 354 g/mol. The van der Waals surface area contributed by atoms with Gasteiger partial charge in [-0.2, -0.15) is 4.98 Å². The predicted molar refractivity (Wildman–Crippen MR) is 79.9 cm³/mol. The number of aromatic hydroxyl groups is 1. The Morgan fingerprint density at radius 3 is 3.14 bits per heavy atom. The standard InChI is InChI=1S/C14H16BrN3O3/c1-2-18-5-6-20-12(8-18)13-16-14(21-17-13)10-7-9(15)3-4-11(10)19/h3-4,7,12,19H,2,5-6,8H2,1H3. The van der Waals surface area contributed by atoms with E-state index >= 15 is 0 Å². The first kappa shape index (κ1) is 14.5. The molecule has 3 rings (SSSR count). The second kappa shape index (κ2) is 6.13. The Bertz CT molecular complexity index is 632. The third-order valence-corrected chi connectivity index (χ3v) is 4.01. The second-order valence-corrected chi connectivity index (χ2v) is 5.79. The summed E-state index contributed by atoms with van der Waals surface area (Å²) < 4.78 is 11.8. The van der Waals surface area contributed by atoms with Gasteiger partial charge in [0.15, 0.2) is 0 Å². The maximum absolute atomic E-state index is 9.90. The number of morpholine rings is 1. The minimum atomic E-state index is -0.189. The lowest BCUT2D eigenvalue weighted by atomic mass is 10.2. The maximum atomic E-state index is 9.90. The van der Waals surface area contributed by atoms with Gasteiger partial charge in [0.1, 0.15) is 11.9 Å². The van der Waals surface area contributed by atoms with Gasteiger partial charge in [0.05, 0.1) is 12.2 Å². The quantitative estimate of drug-likeness (QED) is 0.914. The molecule has 1 aromatic heterocycles. The number of phenolic OH excluding ortho intramolecular Hbond substituents is 1. The molecule has 0 radical (unpaired) electrons. The number of phenols is 1. The van der Waals surface area contributed by atoms with E-state index in [4.69, 9.17) is 9.26 Å². The van der Waals surface area contributed by atoms with Crippen molar-refractivity contribution >= 4 is 15.9 Å². The number of nitrogens with zero attached hydrogens (tertiary/aromatic N) is 3. The average Bonchev–Trinajstić information content (AvgIpc) is 2.99. The number of hydrogen-bond donors (Lipinski definition) is 1. The minimum absolute atomic E-state index is 0.105. The van der Waals surface area contributed by atoms with Gasteiger partial charge >= 0.3 is 0 Å². The van der Waals surface area contributed by atoms with Crippen LogP contribution in [0, 0.1) is 0 Å². The summed E-state index contributed by atoms with van der Waals surface area (Å²) in [5.41, 5.74) is 0.506. The van der Waals surface area contributed by atoms with Gasteiger partial charge in [-0.15, -0.1) is 0 Å². The monoisotopic (exact) mass is 353 g/mol. The van der Waals surface area contributed by atoms with Crippen molar-refractivity contribution in [3.8, 4) is 17.2 Å². The van der Waals surface area contributed by atoms with Crippen LogP contribution in [0.25, 0.3) is 11.5 Å². The largest absolute Gasteiger partial charge is 0.507 e. The van der Waals surface area contributed by atoms with E-state index in [1.54, 1.807) is 18.2 Å². The topological polar surface area (TPSA) is 71.6 Å². The highest BCUT2D eigenvalue weighted by atomic mass is 79.9. The van der Waals surface area contributed by atoms with Crippen molar-refractivity contribution in [2.75, 3.05) is 26.2 Å². The molecule has 1 unspecified atom stereocenters. The van der Waals surface area contributed by atoms with Crippen LogP contribution in [0.2, 0.25) is 0 Å². The molecule has 1 aliphatic rings. The highest BCUT2D eigenvalue weighted by Gasteiger charge is 2.26. The molecule has 2 aromatic rings. The third-order valence-electron chi connectivity index (χ3n) is 3.52. The van der Waals surface area contributed by atoms with E-state index in [1.807, 2.05) is 0 Å². The van der Waals surface area contributed by atoms with Crippen molar-refractivity contribution in [2.24, 2.45) is 0 Å². The Morgan fingerprint density at radius 2 is 2.33 bits per heavy atom. The van der Waals surface area contributed by atoms with E-state index in [0.717, 1.165) is 24.1 Å². The summed E-state index contributed by atoms with van der Waals surface area (Å²) in [6, 6.07) is 5.07. The van der Waals surface area contributed by atoms with E-state index in [2.05, 4.69) is 37.9 Å². The van der Waals surface area contributed by atoms with Gasteiger partial charge in [-0.25, -0.2) is 0 Å². The summed E-state index contributed by atoms with van der Waals surface area (Å²) in [7, 11) is 0. The van der Waals surface area contributed by atoms with Gasteiger partial charge in [0.25, 0.3) is 5.89 Å². The molecular weight excluding hydrogens is 338 g/mol. The Morgan fingerprint density at radius 1 is 1.48 bits per heavy atom. The normalized spacial score (nSPS) is 19.8. The molecule has 1 N–H and O–H groups in total. The molecule has 0 aliphatic carbocycles. The van der Waals surface area contributed by atoms with E-state index < -0.39 is 0 Å². The lowest BCUT2D eigenvalue weighted by Gasteiger charge is -2.30. The Balaban J connectivity index is 1.84. The summed E-state index contributed by atoms with van der Waals surface area (Å²) >= 11 is 3.36. The fourth-order valence-corrected chi connectivity index (χ4v) is 2.66. The predicted octanol–water partition coefficient (Wildman–Crippen LogP) is 2.60. The van der Waals surface area contributed by atoms with Gasteiger partial charge in [-0.3, -0.25) is 4.90 Å². The third kappa shape index (κ3) is 3.09. The van der Waals surface area contributed by atoms with Gasteiger partial charge in [-0.05, 0) is 24.7 Å². The summed E-state index contributed by atoms with van der Waals surface area (Å²) in [5, 5.41) is 13.9. The van der Waals surface area contributed by atoms with Crippen LogP contribution in [0.3, 0.4) is 0 Å². The lowest BCUT2D eigenvalue weighted by Crippen LogP contribution is -2.38. The fourth-order valence-electron chi connectivity index (χ4n) is 2.30. The zero-order valence-electron chi connectivity index (χ0n) is 11.6. The highest BCUT2D eigenvalue weighted by Crippen LogP contribution is 2.31. The molecule has 0 saturated carbocycles. The van der Waals surface area contributed by atoms with Crippen LogP contribution in [0.4, 0.5) is 0 Å². The maximum Gasteiger partial charge on any atom is 0.261 e. The fraction of sp³-hybridized carbons (Fsp3) is 0.429. The van der Waals surface area contributed by atoms with Crippen molar-refractivity contribution in [2.45, 2.75) is 13.0 Å². The molecule has 0 amide bonds. The smallest absolute Gasteiger partial charge is 0.261 e. The van der Waals surface area contributed by atoms with Crippen LogP contribution in [0.5, 0.6) is 5.75 Å². The summed E-state index contributed by atoms with van der Waals surface area (Å²) in [6.07, 6.45) is -0.189. The van der Waals surface area contributed by atoms with Gasteiger partial charge in [0.2, 0.25) is 5.82 Å². The Kier molecular flexibility index (Phi) is 4.23. The second-order valence-electron chi connectivity index (χ2n) is 4.87. The van der Waals surface area contributed by atoms with Gasteiger partial charge in [-0.1, -0.05) is 28.0 Å². The molecule has 1 saturated heterocycles. The first-order valence-corrected chi connectivity index (χ1v) is 7.63. The first-order chi connectivity index (χ1) is 10.2. The zero-order valence-corrected chi connectivity index (χ0v) is 13.2. The van der Waals surface area contributed by atoms with E-state index in [-0.39, 0.29) is 11.9 Å². The molecule has 21 heavy (non-hydrogen) atoms. The molecule has 2 heterocycles. The van der Waals surface area contributed by atoms with Crippen molar-refractivity contribution in [1.82, 2.24) is 15.0 Å². The summed E-state index contributed by atoms with van der Waals surface area (Å²) in [6.45, 7) is 5.41. The van der Waals surface area contributed by atoms with E-state index in [0.29, 0.717) is 23.9 Å². The SMILES string of the molecule is CCN1CCOC(c2noc(-c3cc(Br)ccc3O)n2)C1. The minimum Gasteiger partial charge on any atom is -0.507 e. The number of benzene rings is 1. The van der Waals surface area contributed by atoms with Crippen molar-refractivity contribution in [3.63, 3.8) is 0 Å². The number of halogens is 1. The number of rotatable bonds is 3. The molecule has 0 spiro atoms. The molecule has 7 heteroatoms. The molecule has 0 bridgehead atoms. The molecule has 112 valence electrons. The van der Waals surface area contributed by atoms with Gasteiger partial charge < -0.3 is 14.4 Å². The number of likely N-dealkylation sites (N-methyl/N-ethyl adjacent to an activating group) is 1.